The van der Waals surface area contributed by atoms with E-state index in [0.717, 1.165) is 47.3 Å². The van der Waals surface area contributed by atoms with Gasteiger partial charge in [-0.1, -0.05) is 30.0 Å². The third-order valence-electron chi connectivity index (χ3n) is 6.44. The summed E-state index contributed by atoms with van der Waals surface area (Å²) in [4.78, 5) is 38.7. The van der Waals surface area contributed by atoms with E-state index in [4.69, 9.17) is 4.74 Å². The van der Waals surface area contributed by atoms with E-state index in [-0.39, 0.29) is 17.7 Å². The van der Waals surface area contributed by atoms with Crippen molar-refractivity contribution in [2.75, 3.05) is 55.4 Å². The Balaban J connectivity index is 1.14. The zero-order chi connectivity index (χ0) is 24.7. The maximum atomic E-state index is 13.0. The molecule has 0 radical (unpaired) electrons. The van der Waals surface area contributed by atoms with Crippen molar-refractivity contribution in [3.05, 3.63) is 64.7 Å². The first-order chi connectivity index (χ1) is 17.7. The number of carbonyl (C=O) groups excluding carboxylic acids is 2. The predicted octanol–water partition coefficient (Wildman–Crippen LogP) is 4.13. The van der Waals surface area contributed by atoms with Crippen LogP contribution in [0.25, 0.3) is 0 Å². The minimum absolute atomic E-state index is 0.141. The highest BCUT2D eigenvalue weighted by atomic mass is 32.2. The molecule has 2 amide bonds. The summed E-state index contributed by atoms with van der Waals surface area (Å²) in [5.74, 6) is 0.610. The van der Waals surface area contributed by atoms with E-state index >= 15 is 0 Å². The number of pyridine rings is 1. The minimum atomic E-state index is -0.197. The fraction of sp³-hybridized carbons (Fsp3) is 0.385. The normalized spacial score (nSPS) is 16.7. The van der Waals surface area contributed by atoms with E-state index in [0.29, 0.717) is 37.8 Å². The summed E-state index contributed by atoms with van der Waals surface area (Å²) in [7, 11) is 0. The van der Waals surface area contributed by atoms with Crippen molar-refractivity contribution in [3.63, 3.8) is 0 Å². The average Bonchev–Trinajstić information content (AvgIpc) is 3.44. The summed E-state index contributed by atoms with van der Waals surface area (Å²) >= 11 is 3.00. The van der Waals surface area contributed by atoms with E-state index in [1.165, 1.54) is 23.1 Å². The highest BCUT2D eigenvalue weighted by molar-refractivity contribution is 7.99. The number of piperidine rings is 1. The van der Waals surface area contributed by atoms with Crippen LogP contribution in [0.1, 0.15) is 34.3 Å². The number of ether oxygens (including phenoxy) is 1. The van der Waals surface area contributed by atoms with Crippen molar-refractivity contribution < 1.29 is 14.3 Å². The number of benzene rings is 1. The Morgan fingerprint density at radius 2 is 1.83 bits per heavy atom. The van der Waals surface area contributed by atoms with Crippen LogP contribution in [0.5, 0.6) is 0 Å². The second-order valence-electron chi connectivity index (χ2n) is 8.75. The molecule has 2 aliphatic rings. The number of nitrogens with zero attached hydrogens (tertiary/aromatic N) is 4. The van der Waals surface area contributed by atoms with Gasteiger partial charge in [-0.3, -0.25) is 9.59 Å². The second-order valence-corrected chi connectivity index (χ2v) is 10.6. The fourth-order valence-electron chi connectivity index (χ4n) is 4.46. The quantitative estimate of drug-likeness (QED) is 0.466. The maximum absolute atomic E-state index is 13.0. The Bertz CT molecular complexity index is 1180. The largest absolute Gasteiger partial charge is 0.378 e. The molecule has 0 bridgehead atoms. The lowest BCUT2D eigenvalue weighted by molar-refractivity contribution is -0.129. The maximum Gasteiger partial charge on any atom is 0.275 e. The van der Waals surface area contributed by atoms with Crippen molar-refractivity contribution in [1.29, 1.82) is 0 Å². The second kappa shape index (κ2) is 11.9. The Morgan fingerprint density at radius 1 is 1.06 bits per heavy atom. The third kappa shape index (κ3) is 6.05. The molecule has 0 unspecified atom stereocenters. The van der Waals surface area contributed by atoms with Crippen molar-refractivity contribution in [2.45, 2.75) is 23.8 Å². The van der Waals surface area contributed by atoms with Crippen molar-refractivity contribution in [3.8, 4) is 0 Å². The number of nitrogens with one attached hydrogen (secondary N) is 1. The molecule has 5 rings (SSSR count). The molecule has 2 fully saturated rings. The van der Waals surface area contributed by atoms with Gasteiger partial charge in [0.15, 0.2) is 0 Å². The topological polar surface area (TPSA) is 87.7 Å². The van der Waals surface area contributed by atoms with Crippen LogP contribution in [0.15, 0.2) is 59.1 Å². The average molecular weight is 524 g/mol. The van der Waals surface area contributed by atoms with Gasteiger partial charge in [0.05, 0.1) is 40.4 Å². The highest BCUT2D eigenvalue weighted by Gasteiger charge is 2.26. The number of likely N-dealkylation sites (tertiary alicyclic amines) is 1. The minimum Gasteiger partial charge on any atom is -0.378 e. The first-order valence-corrected chi connectivity index (χ1v) is 14.0. The molecule has 3 aromatic rings. The molecule has 2 saturated heterocycles. The van der Waals surface area contributed by atoms with Crippen LogP contribution in [0.4, 0.5) is 11.4 Å². The van der Waals surface area contributed by atoms with Gasteiger partial charge in [0, 0.05) is 43.7 Å². The van der Waals surface area contributed by atoms with Gasteiger partial charge < -0.3 is 19.9 Å². The van der Waals surface area contributed by atoms with E-state index in [1.54, 1.807) is 6.20 Å². The molecule has 0 atom stereocenters. The molecule has 188 valence electrons. The lowest BCUT2D eigenvalue weighted by Crippen LogP contribution is -2.38. The van der Waals surface area contributed by atoms with E-state index in [2.05, 4.69) is 20.2 Å². The number of hydrogen-bond acceptors (Lipinski definition) is 8. The van der Waals surface area contributed by atoms with Gasteiger partial charge in [0.1, 0.15) is 5.69 Å². The number of amides is 2. The van der Waals surface area contributed by atoms with Crippen LogP contribution < -0.4 is 10.2 Å². The number of rotatable bonds is 7. The molecular weight excluding hydrogens is 494 g/mol. The number of anilines is 2. The van der Waals surface area contributed by atoms with Gasteiger partial charge in [-0.25, -0.2) is 9.97 Å². The Morgan fingerprint density at radius 3 is 2.61 bits per heavy atom. The van der Waals surface area contributed by atoms with Crippen molar-refractivity contribution >= 4 is 46.3 Å². The Hall–Kier alpha value is -2.95. The molecule has 36 heavy (non-hydrogen) atoms. The van der Waals surface area contributed by atoms with Gasteiger partial charge in [-0.15, -0.1) is 11.3 Å². The van der Waals surface area contributed by atoms with E-state index in [1.807, 2.05) is 52.7 Å². The fourth-order valence-corrected chi connectivity index (χ4v) is 6.20. The van der Waals surface area contributed by atoms with Gasteiger partial charge >= 0.3 is 0 Å². The Labute approximate surface area is 219 Å². The van der Waals surface area contributed by atoms with Crippen LogP contribution in [0.3, 0.4) is 0 Å². The summed E-state index contributed by atoms with van der Waals surface area (Å²) in [6.07, 6.45) is 3.45. The molecule has 0 spiro atoms. The van der Waals surface area contributed by atoms with Gasteiger partial charge in [0.25, 0.3) is 5.91 Å². The summed E-state index contributed by atoms with van der Waals surface area (Å²) in [5, 5.41) is 6.72. The zero-order valence-electron chi connectivity index (χ0n) is 20.0. The molecular formula is C26H29N5O3S2. The van der Waals surface area contributed by atoms with Crippen LogP contribution in [-0.4, -0.2) is 71.8 Å². The number of carbonyl (C=O) groups is 2. The lowest BCUT2D eigenvalue weighted by Gasteiger charge is -2.31. The third-order valence-corrected chi connectivity index (χ3v) is 8.37. The number of hydrogen-bond donors (Lipinski definition) is 1. The SMILES string of the molecule is O=C(Nc1ccccc1N1CCOCC1)c1csc(C2CCN(C(=O)CSc3ccccn3)CC2)n1. The van der Waals surface area contributed by atoms with Crippen LogP contribution >= 0.6 is 23.1 Å². The van der Waals surface area contributed by atoms with Crippen LogP contribution in [0.2, 0.25) is 0 Å². The first kappa shape index (κ1) is 24.7. The lowest BCUT2D eigenvalue weighted by atomic mass is 9.97. The van der Waals surface area contributed by atoms with Gasteiger partial charge in [-0.05, 0) is 37.1 Å². The molecule has 0 saturated carbocycles. The van der Waals surface area contributed by atoms with Gasteiger partial charge in [0.2, 0.25) is 5.91 Å². The Kier molecular flexibility index (Phi) is 8.15. The molecule has 0 aliphatic carbocycles. The highest BCUT2D eigenvalue weighted by Crippen LogP contribution is 2.32. The summed E-state index contributed by atoms with van der Waals surface area (Å²) in [5.41, 5.74) is 2.23. The molecule has 1 aromatic carbocycles. The molecule has 10 heteroatoms. The molecule has 8 nitrogen and oxygen atoms in total. The monoisotopic (exact) mass is 523 g/mol. The zero-order valence-corrected chi connectivity index (χ0v) is 21.6. The number of thiazole rings is 1. The predicted molar refractivity (Wildman–Crippen MR) is 143 cm³/mol. The van der Waals surface area contributed by atoms with E-state index < -0.39 is 0 Å². The van der Waals surface area contributed by atoms with Gasteiger partial charge in [-0.2, -0.15) is 0 Å². The van der Waals surface area contributed by atoms with Crippen LogP contribution in [0, 0.1) is 0 Å². The van der Waals surface area contributed by atoms with E-state index in [9.17, 15) is 9.59 Å². The van der Waals surface area contributed by atoms with Crippen molar-refractivity contribution in [1.82, 2.24) is 14.9 Å². The molecule has 2 aromatic heterocycles. The molecule has 4 heterocycles. The standard InChI is InChI=1S/C26H29N5O3S2/c32-24(18-35-23-7-3-4-10-27-23)31-11-8-19(9-12-31)26-29-21(17-36-26)25(33)28-20-5-1-2-6-22(20)30-13-15-34-16-14-30/h1-7,10,17,19H,8-9,11-16,18H2,(H,28,33). The number of para-hydroxylation sites is 2. The van der Waals surface area contributed by atoms with Crippen LogP contribution in [-0.2, 0) is 9.53 Å². The summed E-state index contributed by atoms with van der Waals surface area (Å²) in [6.45, 7) is 4.39. The summed E-state index contributed by atoms with van der Waals surface area (Å²) in [6, 6.07) is 13.6. The number of thioether (sulfide) groups is 1. The smallest absolute Gasteiger partial charge is 0.275 e. The first-order valence-electron chi connectivity index (χ1n) is 12.2. The van der Waals surface area contributed by atoms with Crippen molar-refractivity contribution in [2.24, 2.45) is 0 Å². The molecule has 2 aliphatic heterocycles. The number of aromatic nitrogens is 2. The molecule has 1 N–H and O–H groups in total. The summed E-state index contributed by atoms with van der Waals surface area (Å²) < 4.78 is 5.46. The number of morpholine rings is 1.